The largest absolute Gasteiger partial charge is 0.339 e. The summed E-state index contributed by atoms with van der Waals surface area (Å²) in [7, 11) is -3.69. The van der Waals surface area contributed by atoms with E-state index in [0.29, 0.717) is 5.82 Å². The molecule has 0 amide bonds. The summed E-state index contributed by atoms with van der Waals surface area (Å²) in [6, 6.07) is 17.9. The Bertz CT molecular complexity index is 1000. The van der Waals surface area contributed by atoms with Crippen molar-refractivity contribution < 1.29 is 8.42 Å². The molecule has 0 fully saturated rings. The molecular weight excluding hydrogens is 348 g/mol. The van der Waals surface area contributed by atoms with Crippen LogP contribution in [0.1, 0.15) is 18.1 Å². The highest BCUT2D eigenvalue weighted by molar-refractivity contribution is 7.92. The van der Waals surface area contributed by atoms with Crippen molar-refractivity contribution in [2.24, 2.45) is 0 Å². The third kappa shape index (κ3) is 4.18. The molecule has 0 saturated carbocycles. The summed E-state index contributed by atoms with van der Waals surface area (Å²) in [5.74, 6) is 0.713. The Kier molecular flexibility index (Phi) is 5.18. The van der Waals surface area contributed by atoms with E-state index in [1.807, 2.05) is 37.3 Å². The van der Waals surface area contributed by atoms with Gasteiger partial charge >= 0.3 is 0 Å². The predicted octanol–water partition coefficient (Wildman–Crippen LogP) is 3.89. The fourth-order valence-electron chi connectivity index (χ4n) is 2.52. The van der Waals surface area contributed by atoms with E-state index in [1.54, 1.807) is 30.3 Å². The number of anilines is 3. The molecule has 0 aliphatic carbocycles. The average molecular weight is 368 g/mol. The number of para-hydroxylation sites is 1. The molecular formula is C19H20N4O2S. The van der Waals surface area contributed by atoms with Gasteiger partial charge in [0.05, 0.1) is 4.90 Å². The number of rotatable bonds is 6. The van der Waals surface area contributed by atoms with Crippen LogP contribution in [0.3, 0.4) is 0 Å². The number of nitrogens with zero attached hydrogens (tertiary/aromatic N) is 2. The summed E-state index contributed by atoms with van der Waals surface area (Å²) in [5.41, 5.74) is 2.99. The Hall–Kier alpha value is -2.93. The van der Waals surface area contributed by atoms with Gasteiger partial charge in [0, 0.05) is 5.69 Å². The van der Waals surface area contributed by atoms with E-state index in [0.717, 1.165) is 17.7 Å². The fraction of sp³-hybridized carbons (Fsp3) is 0.158. The minimum Gasteiger partial charge on any atom is -0.339 e. The molecule has 3 rings (SSSR count). The van der Waals surface area contributed by atoms with Gasteiger partial charge < -0.3 is 5.32 Å². The molecule has 0 radical (unpaired) electrons. The number of nitrogens with one attached hydrogen (secondary N) is 2. The summed E-state index contributed by atoms with van der Waals surface area (Å²) in [6.07, 6.45) is 0.894. The monoisotopic (exact) mass is 368 g/mol. The zero-order valence-corrected chi connectivity index (χ0v) is 15.4. The minimum atomic E-state index is -3.69. The van der Waals surface area contributed by atoms with Crippen LogP contribution in [-0.4, -0.2) is 18.6 Å². The summed E-state index contributed by atoms with van der Waals surface area (Å²) in [5, 5.41) is 11.2. The lowest BCUT2D eigenvalue weighted by molar-refractivity contribution is 0.601. The maximum Gasteiger partial charge on any atom is 0.263 e. The predicted molar refractivity (Wildman–Crippen MR) is 103 cm³/mol. The van der Waals surface area contributed by atoms with Crippen LogP contribution in [0.4, 0.5) is 17.3 Å². The highest BCUT2D eigenvalue weighted by Gasteiger charge is 2.15. The van der Waals surface area contributed by atoms with Gasteiger partial charge in [-0.25, -0.2) is 8.42 Å². The lowest BCUT2D eigenvalue weighted by Gasteiger charge is -2.11. The van der Waals surface area contributed by atoms with Gasteiger partial charge in [-0.3, -0.25) is 4.72 Å². The summed E-state index contributed by atoms with van der Waals surface area (Å²) in [6.45, 7) is 3.92. The number of hydrogen-bond donors (Lipinski definition) is 2. The van der Waals surface area contributed by atoms with Gasteiger partial charge in [-0.2, -0.15) is 0 Å². The van der Waals surface area contributed by atoms with Gasteiger partial charge in [0.15, 0.2) is 11.6 Å². The lowest BCUT2D eigenvalue weighted by Crippen LogP contribution is -2.14. The molecule has 26 heavy (non-hydrogen) atoms. The average Bonchev–Trinajstić information content (AvgIpc) is 2.63. The highest BCUT2D eigenvalue weighted by Crippen LogP contribution is 2.21. The van der Waals surface area contributed by atoms with Crippen LogP contribution in [0.15, 0.2) is 65.6 Å². The summed E-state index contributed by atoms with van der Waals surface area (Å²) < 4.78 is 27.3. The van der Waals surface area contributed by atoms with Crippen molar-refractivity contribution in [3.05, 3.63) is 71.8 Å². The van der Waals surface area contributed by atoms with Crippen LogP contribution in [-0.2, 0) is 16.4 Å². The second kappa shape index (κ2) is 7.53. The van der Waals surface area contributed by atoms with Crippen LogP contribution in [0.2, 0.25) is 0 Å². The summed E-state index contributed by atoms with van der Waals surface area (Å²) in [4.78, 5) is 0.193. The molecule has 6 nitrogen and oxygen atoms in total. The summed E-state index contributed by atoms with van der Waals surface area (Å²) >= 11 is 0. The quantitative estimate of drug-likeness (QED) is 0.689. The minimum absolute atomic E-state index is 0.167. The van der Waals surface area contributed by atoms with Gasteiger partial charge in [-0.15, -0.1) is 10.2 Å². The lowest BCUT2D eigenvalue weighted by atomic mass is 10.1. The number of aryl methyl sites for hydroxylation is 2. The second-order valence-corrected chi connectivity index (χ2v) is 7.54. The number of aromatic nitrogens is 2. The third-order valence-corrected chi connectivity index (χ3v) is 5.22. The first-order valence-electron chi connectivity index (χ1n) is 8.26. The molecule has 0 aliphatic rings. The van der Waals surface area contributed by atoms with E-state index >= 15 is 0 Å². The Morgan fingerprint density at radius 3 is 2.35 bits per heavy atom. The molecule has 0 atom stereocenters. The molecule has 1 heterocycles. The van der Waals surface area contributed by atoms with Gasteiger partial charge in [0.25, 0.3) is 10.0 Å². The third-order valence-electron chi connectivity index (χ3n) is 3.86. The van der Waals surface area contributed by atoms with Gasteiger partial charge in [0.2, 0.25) is 0 Å². The molecule has 134 valence electrons. The number of benzene rings is 2. The molecule has 2 N–H and O–H groups in total. The maximum absolute atomic E-state index is 12.4. The molecule has 0 unspecified atom stereocenters. The van der Waals surface area contributed by atoms with E-state index in [2.05, 4.69) is 27.2 Å². The Morgan fingerprint density at radius 2 is 1.65 bits per heavy atom. The maximum atomic E-state index is 12.4. The van der Waals surface area contributed by atoms with Crippen molar-refractivity contribution in [2.45, 2.75) is 25.2 Å². The van der Waals surface area contributed by atoms with E-state index in [-0.39, 0.29) is 10.7 Å². The van der Waals surface area contributed by atoms with E-state index in [1.165, 1.54) is 5.56 Å². The fourth-order valence-corrected chi connectivity index (χ4v) is 3.62. The topological polar surface area (TPSA) is 84.0 Å². The molecule has 0 spiro atoms. The first-order chi connectivity index (χ1) is 12.5. The van der Waals surface area contributed by atoms with Crippen molar-refractivity contribution in [3.63, 3.8) is 0 Å². The highest BCUT2D eigenvalue weighted by atomic mass is 32.2. The molecule has 0 bridgehead atoms. The zero-order chi connectivity index (χ0) is 18.6. The van der Waals surface area contributed by atoms with Crippen LogP contribution in [0.25, 0.3) is 0 Å². The van der Waals surface area contributed by atoms with E-state index in [9.17, 15) is 8.42 Å². The van der Waals surface area contributed by atoms with Gasteiger partial charge in [-0.1, -0.05) is 37.3 Å². The van der Waals surface area contributed by atoms with E-state index < -0.39 is 10.0 Å². The van der Waals surface area contributed by atoms with E-state index in [4.69, 9.17) is 0 Å². The SMILES string of the molecule is CCc1ccccc1Nc1ccc(NS(=O)(=O)c2cccc(C)c2)nn1. The normalized spacial score (nSPS) is 11.2. The molecule has 3 aromatic rings. The van der Waals surface area contributed by atoms with Crippen LogP contribution in [0, 0.1) is 6.92 Å². The molecule has 0 aliphatic heterocycles. The van der Waals surface area contributed by atoms with Crippen LogP contribution < -0.4 is 10.0 Å². The molecule has 0 saturated heterocycles. The van der Waals surface area contributed by atoms with Crippen molar-refractivity contribution in [1.82, 2.24) is 10.2 Å². The standard InChI is InChI=1S/C19H20N4O2S/c1-3-15-8-4-5-10-17(15)20-18-11-12-19(22-21-18)23-26(24,25)16-9-6-7-14(2)13-16/h4-13H,3H2,1-2H3,(H,20,21)(H,22,23). The van der Waals surface area contributed by atoms with Crippen molar-refractivity contribution in [2.75, 3.05) is 10.0 Å². The van der Waals surface area contributed by atoms with Gasteiger partial charge in [0.1, 0.15) is 0 Å². The van der Waals surface area contributed by atoms with Crippen LogP contribution >= 0.6 is 0 Å². The second-order valence-electron chi connectivity index (χ2n) is 5.86. The van der Waals surface area contributed by atoms with Crippen molar-refractivity contribution in [1.29, 1.82) is 0 Å². The molecule has 1 aromatic heterocycles. The smallest absolute Gasteiger partial charge is 0.263 e. The number of sulfonamides is 1. The van der Waals surface area contributed by atoms with Crippen LogP contribution in [0.5, 0.6) is 0 Å². The van der Waals surface area contributed by atoms with Crippen molar-refractivity contribution in [3.8, 4) is 0 Å². The van der Waals surface area contributed by atoms with Crippen molar-refractivity contribution >= 4 is 27.3 Å². The molecule has 7 heteroatoms. The number of hydrogen-bond acceptors (Lipinski definition) is 5. The Morgan fingerprint density at radius 1 is 0.923 bits per heavy atom. The first kappa shape index (κ1) is 17.9. The van der Waals surface area contributed by atoms with Gasteiger partial charge in [-0.05, 0) is 54.8 Å². The Labute approximate surface area is 153 Å². The Balaban J connectivity index is 1.75. The molecule has 2 aromatic carbocycles. The zero-order valence-electron chi connectivity index (χ0n) is 14.6. The first-order valence-corrected chi connectivity index (χ1v) is 9.74.